The molecule has 0 saturated heterocycles. The number of ether oxygens (including phenoxy) is 1. The van der Waals surface area contributed by atoms with E-state index in [0.29, 0.717) is 6.54 Å². The number of hydrogen-bond donors (Lipinski definition) is 3. The average molecular weight is 511 g/mol. The molecule has 2 atom stereocenters. The third kappa shape index (κ3) is 10.6. The highest BCUT2D eigenvalue weighted by atomic mass is 127. The van der Waals surface area contributed by atoms with E-state index in [0.717, 1.165) is 37.5 Å². The normalized spacial score (nSPS) is 13.3. The molecule has 0 aliphatic carbocycles. The molecule has 6 heteroatoms. The first-order chi connectivity index (χ1) is 13.7. The van der Waals surface area contributed by atoms with E-state index >= 15 is 0 Å². The van der Waals surface area contributed by atoms with Crippen LogP contribution in [0.25, 0.3) is 0 Å². The van der Waals surface area contributed by atoms with Gasteiger partial charge < -0.3 is 20.5 Å². The molecule has 0 fully saturated rings. The largest absolute Gasteiger partial charge is 0.389 e. The first-order valence-corrected chi connectivity index (χ1v) is 10.1. The topological polar surface area (TPSA) is 65.9 Å². The lowest BCUT2D eigenvalue weighted by Gasteiger charge is -2.16. The summed E-state index contributed by atoms with van der Waals surface area (Å²) in [6, 6.07) is 20.5. The fourth-order valence-corrected chi connectivity index (χ4v) is 2.81. The summed E-state index contributed by atoms with van der Waals surface area (Å²) in [7, 11) is 0. The Morgan fingerprint density at radius 2 is 1.69 bits per heavy atom. The maximum atomic E-state index is 10.2. The van der Waals surface area contributed by atoms with Gasteiger partial charge in [-0.25, -0.2) is 0 Å². The average Bonchev–Trinajstić information content (AvgIpc) is 2.74. The zero-order valence-corrected chi connectivity index (χ0v) is 19.7. The van der Waals surface area contributed by atoms with Crippen LogP contribution in [0.4, 0.5) is 0 Å². The molecule has 0 aliphatic rings. The molecule has 29 heavy (non-hydrogen) atoms. The van der Waals surface area contributed by atoms with Crippen LogP contribution in [-0.4, -0.2) is 43.4 Å². The number of aliphatic hydroxyl groups is 1. The maximum absolute atomic E-state index is 10.2. The van der Waals surface area contributed by atoms with Crippen molar-refractivity contribution in [1.82, 2.24) is 10.6 Å². The Balaban J connectivity index is 0.00000420. The van der Waals surface area contributed by atoms with Crippen LogP contribution in [0.5, 0.6) is 0 Å². The van der Waals surface area contributed by atoms with Crippen molar-refractivity contribution >= 4 is 29.9 Å². The predicted molar refractivity (Wildman–Crippen MR) is 131 cm³/mol. The number of guanidine groups is 1. The van der Waals surface area contributed by atoms with E-state index in [1.807, 2.05) is 50.2 Å². The number of aryl methyl sites for hydroxylation is 1. The molecule has 0 aromatic heterocycles. The zero-order chi connectivity index (χ0) is 20.0. The molecule has 0 bridgehead atoms. The number of aliphatic imine (C=N–C) groups is 1. The van der Waals surface area contributed by atoms with E-state index in [2.05, 4.69) is 39.9 Å². The van der Waals surface area contributed by atoms with Crippen molar-refractivity contribution in [3.8, 4) is 0 Å². The minimum atomic E-state index is -0.633. The molecule has 2 unspecified atom stereocenters. The van der Waals surface area contributed by atoms with Crippen molar-refractivity contribution in [2.75, 3.05) is 26.2 Å². The molecule has 0 aliphatic heterocycles. The fraction of sp³-hybridized carbons (Fsp3) is 0.435. The van der Waals surface area contributed by atoms with E-state index in [4.69, 9.17) is 4.74 Å². The monoisotopic (exact) mass is 511 g/mol. The van der Waals surface area contributed by atoms with Crippen LogP contribution in [0.1, 0.15) is 37.5 Å². The van der Waals surface area contributed by atoms with Crippen LogP contribution in [0.2, 0.25) is 0 Å². The molecule has 5 nitrogen and oxygen atoms in total. The summed E-state index contributed by atoms with van der Waals surface area (Å²) in [6.45, 7) is 6.19. The van der Waals surface area contributed by atoms with E-state index in [9.17, 15) is 5.11 Å². The lowest BCUT2D eigenvalue weighted by molar-refractivity contribution is 0.00111. The third-order valence-electron chi connectivity index (χ3n) is 4.39. The van der Waals surface area contributed by atoms with E-state index < -0.39 is 6.10 Å². The van der Waals surface area contributed by atoms with Crippen LogP contribution in [0.3, 0.4) is 0 Å². The molecule has 0 saturated carbocycles. The van der Waals surface area contributed by atoms with Crippen molar-refractivity contribution < 1.29 is 9.84 Å². The van der Waals surface area contributed by atoms with Crippen molar-refractivity contribution in [2.45, 2.75) is 38.9 Å². The Hall–Kier alpha value is -1.64. The standard InChI is InChI=1S/C23H33N3O2.HI/c1-3-24-23(25-16-10-13-20-11-6-4-7-12-20)26-17-22(27)18-28-19(2)21-14-8-5-9-15-21;/h4-9,11-12,14-15,19,22,27H,3,10,13,16-18H2,1-2H3,(H2,24,25,26);1H. The summed E-state index contributed by atoms with van der Waals surface area (Å²) in [5.74, 6) is 0.728. The van der Waals surface area contributed by atoms with E-state index in [1.165, 1.54) is 5.56 Å². The van der Waals surface area contributed by atoms with Gasteiger partial charge in [-0.15, -0.1) is 24.0 Å². The summed E-state index contributed by atoms with van der Waals surface area (Å²) < 4.78 is 5.77. The van der Waals surface area contributed by atoms with E-state index in [1.54, 1.807) is 0 Å². The minimum absolute atomic E-state index is 0. The highest BCUT2D eigenvalue weighted by Gasteiger charge is 2.10. The van der Waals surface area contributed by atoms with Gasteiger partial charge in [0.05, 0.1) is 25.4 Å². The van der Waals surface area contributed by atoms with Crippen molar-refractivity contribution in [2.24, 2.45) is 4.99 Å². The van der Waals surface area contributed by atoms with Gasteiger partial charge in [-0.05, 0) is 37.8 Å². The summed E-state index contributed by atoms with van der Waals surface area (Å²) in [5.41, 5.74) is 2.44. The zero-order valence-electron chi connectivity index (χ0n) is 17.4. The molecule has 0 radical (unpaired) electrons. The van der Waals surface area contributed by atoms with Crippen molar-refractivity contribution in [3.63, 3.8) is 0 Å². The summed E-state index contributed by atoms with van der Waals surface area (Å²) >= 11 is 0. The number of nitrogens with zero attached hydrogens (tertiary/aromatic N) is 1. The van der Waals surface area contributed by atoms with Gasteiger partial charge in [0.2, 0.25) is 0 Å². The number of rotatable bonds is 11. The highest BCUT2D eigenvalue weighted by Crippen LogP contribution is 2.15. The second-order valence-corrected chi connectivity index (χ2v) is 6.78. The fourth-order valence-electron chi connectivity index (χ4n) is 2.81. The third-order valence-corrected chi connectivity index (χ3v) is 4.39. The van der Waals surface area contributed by atoms with Gasteiger partial charge in [-0.1, -0.05) is 60.7 Å². The molecule has 2 aromatic carbocycles. The predicted octanol–water partition coefficient (Wildman–Crippen LogP) is 3.93. The number of aliphatic hydroxyl groups excluding tert-OH is 1. The molecule has 3 N–H and O–H groups in total. The number of nitrogens with one attached hydrogen (secondary N) is 2. The van der Waals surface area contributed by atoms with E-state index in [-0.39, 0.29) is 36.7 Å². The van der Waals surface area contributed by atoms with Crippen molar-refractivity contribution in [3.05, 3.63) is 71.8 Å². The molecule has 0 spiro atoms. The first kappa shape index (κ1) is 25.4. The van der Waals surface area contributed by atoms with Gasteiger partial charge >= 0.3 is 0 Å². The van der Waals surface area contributed by atoms with Crippen LogP contribution in [0, 0.1) is 0 Å². The first-order valence-electron chi connectivity index (χ1n) is 10.1. The lowest BCUT2D eigenvalue weighted by Crippen LogP contribution is -2.38. The van der Waals surface area contributed by atoms with Crippen LogP contribution < -0.4 is 10.6 Å². The molecule has 2 aromatic rings. The minimum Gasteiger partial charge on any atom is -0.389 e. The molecular weight excluding hydrogens is 477 g/mol. The quantitative estimate of drug-likeness (QED) is 0.185. The smallest absolute Gasteiger partial charge is 0.191 e. The maximum Gasteiger partial charge on any atom is 0.191 e. The summed E-state index contributed by atoms with van der Waals surface area (Å²) in [6.07, 6.45) is 1.37. The Bertz CT molecular complexity index is 683. The Labute approximate surface area is 192 Å². The number of hydrogen-bond acceptors (Lipinski definition) is 3. The highest BCUT2D eigenvalue weighted by molar-refractivity contribution is 14.0. The Kier molecular flexibility index (Phi) is 13.3. The summed E-state index contributed by atoms with van der Waals surface area (Å²) in [4.78, 5) is 4.47. The van der Waals surface area contributed by atoms with Gasteiger partial charge in [0.1, 0.15) is 0 Å². The molecule has 0 amide bonds. The van der Waals surface area contributed by atoms with Gasteiger partial charge in [0, 0.05) is 13.1 Å². The van der Waals surface area contributed by atoms with Gasteiger partial charge in [0.15, 0.2) is 5.96 Å². The number of halogens is 1. The molecule has 160 valence electrons. The van der Waals surface area contributed by atoms with Crippen LogP contribution in [0.15, 0.2) is 65.7 Å². The van der Waals surface area contributed by atoms with Gasteiger partial charge in [-0.2, -0.15) is 0 Å². The van der Waals surface area contributed by atoms with Gasteiger partial charge in [-0.3, -0.25) is 4.99 Å². The second-order valence-electron chi connectivity index (χ2n) is 6.78. The van der Waals surface area contributed by atoms with Gasteiger partial charge in [0.25, 0.3) is 0 Å². The Morgan fingerprint density at radius 1 is 1.03 bits per heavy atom. The molecule has 2 rings (SSSR count). The Morgan fingerprint density at radius 3 is 2.34 bits per heavy atom. The van der Waals surface area contributed by atoms with Crippen LogP contribution >= 0.6 is 24.0 Å². The number of benzene rings is 2. The van der Waals surface area contributed by atoms with Crippen molar-refractivity contribution in [1.29, 1.82) is 0 Å². The summed E-state index contributed by atoms with van der Waals surface area (Å²) in [5, 5.41) is 16.7. The molecule has 0 heterocycles. The second kappa shape index (κ2) is 15.2. The molecular formula is C23H34IN3O2. The SMILES string of the molecule is CCNC(=NCC(O)COC(C)c1ccccc1)NCCCc1ccccc1.I. The van der Waals surface area contributed by atoms with Crippen LogP contribution in [-0.2, 0) is 11.2 Å². The lowest BCUT2D eigenvalue weighted by atomic mass is 10.1.